The second-order valence-electron chi connectivity index (χ2n) is 5.15. The molecule has 1 heterocycles. The van der Waals surface area contributed by atoms with Gasteiger partial charge in [-0.15, -0.1) is 0 Å². The van der Waals surface area contributed by atoms with Crippen LogP contribution in [0.4, 0.5) is 0 Å². The number of halogens is 1. The summed E-state index contributed by atoms with van der Waals surface area (Å²) in [5.41, 5.74) is 4.69. The maximum absolute atomic E-state index is 5.98. The average molecular weight is 289 g/mol. The summed E-state index contributed by atoms with van der Waals surface area (Å²) in [5, 5.41) is 4.34. The van der Waals surface area contributed by atoms with E-state index < -0.39 is 0 Å². The molecule has 0 radical (unpaired) electrons. The summed E-state index contributed by atoms with van der Waals surface area (Å²) in [4.78, 5) is 4.63. The summed E-state index contributed by atoms with van der Waals surface area (Å²) >= 11 is 5.98. The summed E-state index contributed by atoms with van der Waals surface area (Å²) in [7, 11) is 0. The van der Waals surface area contributed by atoms with Crippen molar-refractivity contribution in [3.05, 3.63) is 63.9 Å². The van der Waals surface area contributed by atoms with Crippen LogP contribution >= 0.6 is 11.6 Å². The quantitative estimate of drug-likeness (QED) is 0.880. The largest absolute Gasteiger partial charge is 0.305 e. The Hall–Kier alpha value is -1.38. The monoisotopic (exact) mass is 288 g/mol. The Morgan fingerprint density at radius 1 is 1.20 bits per heavy atom. The topological polar surface area (TPSA) is 24.9 Å². The maximum atomic E-state index is 5.98. The first-order valence-electron chi connectivity index (χ1n) is 7.03. The van der Waals surface area contributed by atoms with E-state index in [1.165, 1.54) is 16.7 Å². The fourth-order valence-corrected chi connectivity index (χ4v) is 2.47. The van der Waals surface area contributed by atoms with Crippen molar-refractivity contribution in [2.45, 2.75) is 33.2 Å². The molecule has 1 atom stereocenters. The molecule has 0 fully saturated rings. The van der Waals surface area contributed by atoms with Gasteiger partial charge in [0.05, 0.1) is 11.7 Å². The van der Waals surface area contributed by atoms with Crippen LogP contribution in [0, 0.1) is 13.8 Å². The van der Waals surface area contributed by atoms with Crippen LogP contribution in [0.15, 0.2) is 36.5 Å². The molecule has 2 aromatic rings. The second kappa shape index (κ2) is 6.87. The van der Waals surface area contributed by atoms with E-state index in [4.69, 9.17) is 11.6 Å². The van der Waals surface area contributed by atoms with E-state index in [-0.39, 0.29) is 6.04 Å². The third kappa shape index (κ3) is 3.59. The predicted molar refractivity (Wildman–Crippen MR) is 85.3 cm³/mol. The van der Waals surface area contributed by atoms with Gasteiger partial charge in [-0.3, -0.25) is 4.98 Å². The van der Waals surface area contributed by atoms with Crippen molar-refractivity contribution in [3.63, 3.8) is 0 Å². The summed E-state index contributed by atoms with van der Waals surface area (Å²) in [6, 6.07) is 10.3. The second-order valence-corrected chi connectivity index (χ2v) is 5.59. The zero-order chi connectivity index (χ0) is 14.5. The predicted octanol–water partition coefficient (Wildman–Crippen LogP) is 4.44. The van der Waals surface area contributed by atoms with Crippen molar-refractivity contribution < 1.29 is 0 Å². The number of rotatable bonds is 5. The van der Waals surface area contributed by atoms with Crippen molar-refractivity contribution in [1.29, 1.82) is 0 Å². The molecule has 1 unspecified atom stereocenters. The van der Waals surface area contributed by atoms with E-state index in [1.807, 2.05) is 18.3 Å². The zero-order valence-electron chi connectivity index (χ0n) is 12.3. The highest BCUT2D eigenvalue weighted by molar-refractivity contribution is 6.30. The third-order valence-electron chi connectivity index (χ3n) is 3.33. The smallest absolute Gasteiger partial charge is 0.0754 e. The van der Waals surface area contributed by atoms with Gasteiger partial charge in [-0.2, -0.15) is 0 Å². The third-order valence-corrected chi connectivity index (χ3v) is 3.58. The first-order valence-corrected chi connectivity index (χ1v) is 7.41. The lowest BCUT2D eigenvalue weighted by molar-refractivity contribution is 0.583. The van der Waals surface area contributed by atoms with Gasteiger partial charge in [0, 0.05) is 11.2 Å². The van der Waals surface area contributed by atoms with Gasteiger partial charge in [0.25, 0.3) is 0 Å². The van der Waals surface area contributed by atoms with E-state index in [1.54, 1.807) is 0 Å². The molecule has 2 rings (SSSR count). The number of benzene rings is 1. The molecule has 20 heavy (non-hydrogen) atoms. The molecule has 0 saturated carbocycles. The van der Waals surface area contributed by atoms with Crippen molar-refractivity contribution >= 4 is 11.6 Å². The lowest BCUT2D eigenvalue weighted by Gasteiger charge is -2.20. The minimum absolute atomic E-state index is 0.118. The Labute approximate surface area is 126 Å². The van der Waals surface area contributed by atoms with E-state index in [0.29, 0.717) is 0 Å². The normalized spacial score (nSPS) is 12.4. The van der Waals surface area contributed by atoms with Gasteiger partial charge in [0.1, 0.15) is 0 Å². The Morgan fingerprint density at radius 3 is 2.50 bits per heavy atom. The molecule has 2 nitrogen and oxygen atoms in total. The molecule has 0 amide bonds. The molecule has 3 heteroatoms. The lowest BCUT2D eigenvalue weighted by Crippen LogP contribution is -2.25. The van der Waals surface area contributed by atoms with E-state index in [2.05, 4.69) is 49.3 Å². The van der Waals surface area contributed by atoms with E-state index in [9.17, 15) is 0 Å². The molecule has 0 saturated heterocycles. The first-order chi connectivity index (χ1) is 9.61. The molecule has 0 spiro atoms. The molecular formula is C17H21ClN2. The van der Waals surface area contributed by atoms with Crippen LogP contribution in [0.1, 0.15) is 41.8 Å². The molecular weight excluding hydrogens is 268 g/mol. The van der Waals surface area contributed by atoms with Crippen LogP contribution in [0.5, 0.6) is 0 Å². The van der Waals surface area contributed by atoms with Gasteiger partial charge in [-0.1, -0.05) is 36.7 Å². The van der Waals surface area contributed by atoms with E-state index in [0.717, 1.165) is 23.7 Å². The van der Waals surface area contributed by atoms with E-state index >= 15 is 0 Å². The Kier molecular flexibility index (Phi) is 5.16. The molecule has 1 aromatic heterocycles. The maximum Gasteiger partial charge on any atom is 0.0754 e. The van der Waals surface area contributed by atoms with Gasteiger partial charge in [-0.05, 0) is 55.6 Å². The van der Waals surface area contributed by atoms with Crippen molar-refractivity contribution in [2.24, 2.45) is 0 Å². The van der Waals surface area contributed by atoms with Crippen molar-refractivity contribution in [1.82, 2.24) is 10.3 Å². The fourth-order valence-electron chi connectivity index (χ4n) is 2.34. The highest BCUT2D eigenvalue weighted by Crippen LogP contribution is 2.25. The highest BCUT2D eigenvalue weighted by Gasteiger charge is 2.16. The molecule has 0 aliphatic rings. The number of aryl methyl sites for hydroxylation is 2. The molecule has 106 valence electrons. The number of pyridine rings is 1. The molecule has 0 bridgehead atoms. The molecule has 0 aliphatic carbocycles. The van der Waals surface area contributed by atoms with Gasteiger partial charge in [0.15, 0.2) is 0 Å². The number of hydrogen-bond donors (Lipinski definition) is 1. The summed E-state index contributed by atoms with van der Waals surface area (Å²) in [5.74, 6) is 0. The standard InChI is InChI=1S/C17H21ClN2/c1-4-9-19-17(14-5-7-15(18)8-6-14)16-13(3)10-12(2)11-20-16/h5-8,10-11,17,19H,4,9H2,1-3H3. The highest BCUT2D eigenvalue weighted by atomic mass is 35.5. The average Bonchev–Trinajstić information content (AvgIpc) is 2.42. The van der Waals surface area contributed by atoms with Crippen LogP contribution in [0.2, 0.25) is 5.02 Å². The van der Waals surface area contributed by atoms with Crippen LogP contribution in [0.3, 0.4) is 0 Å². The Bertz CT molecular complexity index is 564. The van der Waals surface area contributed by atoms with Crippen molar-refractivity contribution in [2.75, 3.05) is 6.54 Å². The van der Waals surface area contributed by atoms with Crippen LogP contribution in [-0.2, 0) is 0 Å². The van der Waals surface area contributed by atoms with Gasteiger partial charge < -0.3 is 5.32 Å². The SMILES string of the molecule is CCCNC(c1ccc(Cl)cc1)c1ncc(C)cc1C. The van der Waals surface area contributed by atoms with Crippen LogP contribution in [0.25, 0.3) is 0 Å². The van der Waals surface area contributed by atoms with Gasteiger partial charge in [-0.25, -0.2) is 0 Å². The number of nitrogens with one attached hydrogen (secondary N) is 1. The lowest BCUT2D eigenvalue weighted by atomic mass is 9.99. The zero-order valence-corrected chi connectivity index (χ0v) is 13.0. The fraction of sp³-hybridized carbons (Fsp3) is 0.353. The molecule has 1 N–H and O–H groups in total. The summed E-state index contributed by atoms with van der Waals surface area (Å²) in [6.07, 6.45) is 3.02. The number of hydrogen-bond acceptors (Lipinski definition) is 2. The van der Waals surface area contributed by atoms with Gasteiger partial charge in [0.2, 0.25) is 0 Å². The number of nitrogens with zero attached hydrogens (tertiary/aromatic N) is 1. The van der Waals surface area contributed by atoms with Crippen LogP contribution < -0.4 is 5.32 Å². The first kappa shape index (κ1) is 15.0. The van der Waals surface area contributed by atoms with Crippen molar-refractivity contribution in [3.8, 4) is 0 Å². The summed E-state index contributed by atoms with van der Waals surface area (Å²) in [6.45, 7) is 7.32. The number of aromatic nitrogens is 1. The Balaban J connectivity index is 2.38. The van der Waals surface area contributed by atoms with Gasteiger partial charge >= 0.3 is 0 Å². The minimum Gasteiger partial charge on any atom is -0.305 e. The Morgan fingerprint density at radius 2 is 1.90 bits per heavy atom. The molecule has 1 aromatic carbocycles. The van der Waals surface area contributed by atoms with Crippen LogP contribution in [-0.4, -0.2) is 11.5 Å². The minimum atomic E-state index is 0.118. The summed E-state index contributed by atoms with van der Waals surface area (Å²) < 4.78 is 0. The molecule has 0 aliphatic heterocycles.